The molecule has 1 heterocycles. The van der Waals surface area contributed by atoms with E-state index in [4.69, 9.17) is 4.42 Å². The lowest BCUT2D eigenvalue weighted by atomic mass is 10.0. The van der Waals surface area contributed by atoms with E-state index in [9.17, 15) is 18.7 Å². The van der Waals surface area contributed by atoms with Crippen LogP contribution < -0.4 is 5.43 Å². The van der Waals surface area contributed by atoms with Gasteiger partial charge >= 0.3 is 0 Å². The van der Waals surface area contributed by atoms with Gasteiger partial charge in [0.2, 0.25) is 5.43 Å². The van der Waals surface area contributed by atoms with Crippen LogP contribution in [0.3, 0.4) is 0 Å². The van der Waals surface area contributed by atoms with Gasteiger partial charge in [0, 0.05) is 6.07 Å². The molecular weight excluding hydrogens is 266 g/mol. The van der Waals surface area contributed by atoms with Gasteiger partial charge in [-0.15, -0.1) is 0 Å². The van der Waals surface area contributed by atoms with Crippen LogP contribution in [0.2, 0.25) is 0 Å². The van der Waals surface area contributed by atoms with Crippen LogP contribution in [0.15, 0.2) is 51.9 Å². The van der Waals surface area contributed by atoms with E-state index in [2.05, 4.69) is 0 Å². The summed E-state index contributed by atoms with van der Waals surface area (Å²) >= 11 is 0. The van der Waals surface area contributed by atoms with Crippen molar-refractivity contribution in [2.75, 3.05) is 0 Å². The Bertz CT molecular complexity index is 848. The first-order valence-electron chi connectivity index (χ1n) is 5.77. The Morgan fingerprint density at radius 1 is 1.05 bits per heavy atom. The second kappa shape index (κ2) is 4.45. The maximum atomic E-state index is 13.7. The third-order valence-electron chi connectivity index (χ3n) is 2.99. The standard InChI is InChI=1S/C15H8F2O3/c16-11-2-1-3-12(17)14(11)10-7-20-13-6-8(18)4-5-9(13)15(10)19/h1-7,18H. The van der Waals surface area contributed by atoms with Crippen molar-refractivity contribution < 1.29 is 18.3 Å². The van der Waals surface area contributed by atoms with E-state index in [1.165, 1.54) is 24.3 Å². The molecule has 20 heavy (non-hydrogen) atoms. The summed E-state index contributed by atoms with van der Waals surface area (Å²) in [7, 11) is 0. The SMILES string of the molecule is O=c1c(-c2c(F)cccc2F)coc2cc(O)ccc12. The van der Waals surface area contributed by atoms with Crippen molar-refractivity contribution >= 4 is 11.0 Å². The number of aromatic hydroxyl groups is 1. The number of phenols is 1. The molecule has 0 atom stereocenters. The maximum Gasteiger partial charge on any atom is 0.200 e. The number of phenolic OH excluding ortho intramolecular Hbond substituents is 1. The van der Waals surface area contributed by atoms with Gasteiger partial charge in [-0.1, -0.05) is 6.07 Å². The fourth-order valence-corrected chi connectivity index (χ4v) is 2.04. The first-order chi connectivity index (χ1) is 9.58. The van der Waals surface area contributed by atoms with Gasteiger partial charge in [-0.25, -0.2) is 8.78 Å². The highest BCUT2D eigenvalue weighted by Crippen LogP contribution is 2.26. The zero-order valence-electron chi connectivity index (χ0n) is 10.1. The lowest BCUT2D eigenvalue weighted by Crippen LogP contribution is -2.07. The molecule has 1 aromatic heterocycles. The van der Waals surface area contributed by atoms with Crippen molar-refractivity contribution in [3.63, 3.8) is 0 Å². The van der Waals surface area contributed by atoms with Crippen molar-refractivity contribution in [3.8, 4) is 16.9 Å². The third kappa shape index (κ3) is 1.84. The summed E-state index contributed by atoms with van der Waals surface area (Å²) in [4.78, 5) is 12.3. The molecule has 5 heteroatoms. The molecule has 0 spiro atoms. The molecule has 3 nitrogen and oxygen atoms in total. The molecular formula is C15H8F2O3. The van der Waals surface area contributed by atoms with Gasteiger partial charge in [0.05, 0.1) is 16.5 Å². The molecule has 2 aromatic carbocycles. The zero-order chi connectivity index (χ0) is 14.3. The number of halogens is 2. The molecule has 0 unspecified atom stereocenters. The topological polar surface area (TPSA) is 50.4 Å². The fraction of sp³-hybridized carbons (Fsp3) is 0. The van der Waals surface area contributed by atoms with Crippen molar-refractivity contribution in [2.24, 2.45) is 0 Å². The summed E-state index contributed by atoms with van der Waals surface area (Å²) in [6, 6.07) is 7.27. The number of hydrogen-bond acceptors (Lipinski definition) is 3. The van der Waals surface area contributed by atoms with Crippen molar-refractivity contribution in [3.05, 3.63) is 64.5 Å². The Balaban J connectivity index is 2.36. The predicted molar refractivity (Wildman–Crippen MR) is 69.5 cm³/mol. The van der Waals surface area contributed by atoms with Gasteiger partial charge in [0.25, 0.3) is 0 Å². The Kier molecular flexibility index (Phi) is 2.75. The summed E-state index contributed by atoms with van der Waals surface area (Å²) in [5, 5.41) is 9.46. The normalized spacial score (nSPS) is 10.9. The van der Waals surface area contributed by atoms with E-state index in [0.29, 0.717) is 0 Å². The van der Waals surface area contributed by atoms with Gasteiger partial charge in [-0.05, 0) is 24.3 Å². The summed E-state index contributed by atoms with van der Waals surface area (Å²) in [6.07, 6.45) is 0.992. The van der Waals surface area contributed by atoms with Crippen LogP contribution in [-0.2, 0) is 0 Å². The Morgan fingerprint density at radius 3 is 2.45 bits per heavy atom. The largest absolute Gasteiger partial charge is 0.508 e. The van der Waals surface area contributed by atoms with Crippen molar-refractivity contribution in [1.29, 1.82) is 0 Å². The van der Waals surface area contributed by atoms with Gasteiger partial charge in [0.1, 0.15) is 29.2 Å². The summed E-state index contributed by atoms with van der Waals surface area (Å²) in [5.41, 5.74) is -1.03. The molecule has 0 bridgehead atoms. The summed E-state index contributed by atoms with van der Waals surface area (Å²) in [6.45, 7) is 0. The molecule has 0 saturated heterocycles. The molecule has 3 aromatic rings. The highest BCUT2D eigenvalue weighted by Gasteiger charge is 2.16. The fourth-order valence-electron chi connectivity index (χ4n) is 2.04. The first-order valence-corrected chi connectivity index (χ1v) is 5.77. The molecule has 0 amide bonds. The number of benzene rings is 2. The number of fused-ring (bicyclic) bond motifs is 1. The minimum Gasteiger partial charge on any atom is -0.508 e. The monoisotopic (exact) mass is 274 g/mol. The Hall–Kier alpha value is -2.69. The van der Waals surface area contributed by atoms with Crippen molar-refractivity contribution in [2.45, 2.75) is 0 Å². The van der Waals surface area contributed by atoms with Crippen LogP contribution in [0.5, 0.6) is 5.75 Å². The maximum absolute atomic E-state index is 13.7. The van der Waals surface area contributed by atoms with Gasteiger partial charge in [-0.2, -0.15) is 0 Å². The van der Waals surface area contributed by atoms with Crippen LogP contribution >= 0.6 is 0 Å². The zero-order valence-corrected chi connectivity index (χ0v) is 10.1. The molecule has 0 aliphatic carbocycles. The lowest BCUT2D eigenvalue weighted by Gasteiger charge is -2.05. The summed E-state index contributed by atoms with van der Waals surface area (Å²) < 4.78 is 32.6. The number of hydrogen-bond donors (Lipinski definition) is 1. The van der Waals surface area contributed by atoms with E-state index in [1.54, 1.807) is 0 Å². The average molecular weight is 274 g/mol. The smallest absolute Gasteiger partial charge is 0.200 e. The predicted octanol–water partition coefficient (Wildman–Crippen LogP) is 3.44. The highest BCUT2D eigenvalue weighted by molar-refractivity contribution is 5.82. The van der Waals surface area contributed by atoms with Gasteiger partial charge in [-0.3, -0.25) is 4.79 Å². The van der Waals surface area contributed by atoms with E-state index in [-0.39, 0.29) is 22.3 Å². The first kappa shape index (κ1) is 12.3. The third-order valence-corrected chi connectivity index (χ3v) is 2.99. The second-order valence-corrected chi connectivity index (χ2v) is 4.26. The Labute approximate surface area is 111 Å². The highest BCUT2D eigenvalue weighted by atomic mass is 19.1. The van der Waals surface area contributed by atoms with E-state index >= 15 is 0 Å². The molecule has 3 rings (SSSR count). The van der Waals surface area contributed by atoms with E-state index in [0.717, 1.165) is 18.4 Å². The molecule has 0 saturated carbocycles. The van der Waals surface area contributed by atoms with Gasteiger partial charge in [0.15, 0.2) is 0 Å². The quantitative estimate of drug-likeness (QED) is 0.739. The summed E-state index contributed by atoms with van der Waals surface area (Å²) in [5.74, 6) is -1.74. The van der Waals surface area contributed by atoms with E-state index in [1.807, 2.05) is 0 Å². The van der Waals surface area contributed by atoms with Crippen LogP contribution in [0.4, 0.5) is 8.78 Å². The van der Waals surface area contributed by atoms with Crippen LogP contribution in [0.1, 0.15) is 0 Å². The molecule has 1 N–H and O–H groups in total. The minimum absolute atomic E-state index is 0.0644. The molecule has 0 radical (unpaired) electrons. The Morgan fingerprint density at radius 2 is 1.75 bits per heavy atom. The molecule has 0 fully saturated rings. The van der Waals surface area contributed by atoms with Crippen LogP contribution in [-0.4, -0.2) is 5.11 Å². The molecule has 100 valence electrons. The van der Waals surface area contributed by atoms with E-state index < -0.39 is 22.6 Å². The lowest BCUT2D eigenvalue weighted by molar-refractivity contribution is 0.474. The molecule has 0 aliphatic heterocycles. The minimum atomic E-state index is -0.838. The van der Waals surface area contributed by atoms with Gasteiger partial charge < -0.3 is 9.52 Å². The van der Waals surface area contributed by atoms with Crippen molar-refractivity contribution in [1.82, 2.24) is 0 Å². The second-order valence-electron chi connectivity index (χ2n) is 4.26. The average Bonchev–Trinajstić information content (AvgIpc) is 2.41. The molecule has 0 aliphatic rings. The van der Waals surface area contributed by atoms with Crippen LogP contribution in [0.25, 0.3) is 22.1 Å². The van der Waals surface area contributed by atoms with Crippen LogP contribution in [0, 0.1) is 11.6 Å². The number of rotatable bonds is 1.